The Bertz CT molecular complexity index is 198. The third kappa shape index (κ3) is 11.9. The zero-order chi connectivity index (χ0) is 10.2. The van der Waals surface area contributed by atoms with Crippen LogP contribution in [0.25, 0.3) is 0 Å². The molecule has 0 spiro atoms. The lowest BCUT2D eigenvalue weighted by molar-refractivity contribution is 0.131. The van der Waals surface area contributed by atoms with Gasteiger partial charge in [0.25, 0.3) is 10.1 Å². The van der Waals surface area contributed by atoms with Crippen molar-refractivity contribution in [3.05, 3.63) is 0 Å². The van der Waals surface area contributed by atoms with Crippen LogP contribution >= 0.6 is 0 Å². The molecule has 0 rings (SSSR count). The Morgan fingerprint density at radius 2 is 1.77 bits per heavy atom. The summed E-state index contributed by atoms with van der Waals surface area (Å²) >= 11 is 0. The van der Waals surface area contributed by atoms with Gasteiger partial charge in [-0.3, -0.25) is 4.55 Å². The van der Waals surface area contributed by atoms with Crippen molar-refractivity contribution in [2.24, 2.45) is 0 Å². The molecule has 13 heavy (non-hydrogen) atoms. The molecule has 0 atom stereocenters. The highest BCUT2D eigenvalue weighted by atomic mass is 32.2. The third-order valence-electron chi connectivity index (χ3n) is 1.58. The molecule has 0 heterocycles. The fourth-order valence-corrected chi connectivity index (χ4v) is 1.38. The van der Waals surface area contributed by atoms with Crippen LogP contribution in [-0.4, -0.2) is 31.9 Å². The summed E-state index contributed by atoms with van der Waals surface area (Å²) in [5.41, 5.74) is 0. The monoisotopic (exact) mass is 210 g/mol. The van der Waals surface area contributed by atoms with Crippen molar-refractivity contribution in [1.82, 2.24) is 0 Å². The van der Waals surface area contributed by atoms with Crippen LogP contribution in [0, 0.1) is 0 Å². The zero-order valence-corrected chi connectivity index (χ0v) is 8.85. The van der Waals surface area contributed by atoms with Gasteiger partial charge in [-0.1, -0.05) is 19.8 Å². The summed E-state index contributed by atoms with van der Waals surface area (Å²) in [6.45, 7) is 3.20. The smallest absolute Gasteiger partial charge is 0.264 e. The van der Waals surface area contributed by atoms with E-state index in [9.17, 15) is 8.42 Å². The first-order chi connectivity index (χ1) is 6.06. The average Bonchev–Trinajstić information content (AvgIpc) is 2.01. The Kier molecular flexibility index (Phi) is 7.22. The van der Waals surface area contributed by atoms with E-state index in [1.807, 2.05) is 0 Å². The van der Waals surface area contributed by atoms with Crippen LogP contribution in [0.15, 0.2) is 0 Å². The summed E-state index contributed by atoms with van der Waals surface area (Å²) in [5, 5.41) is 0. The minimum atomic E-state index is -3.80. The van der Waals surface area contributed by atoms with Crippen LogP contribution in [0.3, 0.4) is 0 Å². The number of hydrogen-bond donors (Lipinski definition) is 1. The molecule has 0 aromatic heterocycles. The molecule has 0 unspecified atom stereocenters. The van der Waals surface area contributed by atoms with Gasteiger partial charge in [0.2, 0.25) is 0 Å². The lowest BCUT2D eigenvalue weighted by atomic mass is 10.3. The van der Waals surface area contributed by atoms with Gasteiger partial charge in [-0.2, -0.15) is 8.42 Å². The SMILES string of the molecule is CCCCCOCCCS(=O)(=O)O. The van der Waals surface area contributed by atoms with E-state index in [-0.39, 0.29) is 5.75 Å². The number of ether oxygens (including phenoxy) is 1. The van der Waals surface area contributed by atoms with E-state index in [0.29, 0.717) is 19.6 Å². The van der Waals surface area contributed by atoms with Crippen LogP contribution in [0.1, 0.15) is 32.6 Å². The normalized spacial score (nSPS) is 11.8. The third-order valence-corrected chi connectivity index (χ3v) is 2.39. The summed E-state index contributed by atoms with van der Waals surface area (Å²) in [6, 6.07) is 0. The van der Waals surface area contributed by atoms with Gasteiger partial charge in [0, 0.05) is 13.2 Å². The minimum absolute atomic E-state index is 0.208. The van der Waals surface area contributed by atoms with Crippen molar-refractivity contribution in [2.45, 2.75) is 32.6 Å². The summed E-state index contributed by atoms with van der Waals surface area (Å²) in [5.74, 6) is -0.208. The van der Waals surface area contributed by atoms with Crippen LogP contribution in [0.4, 0.5) is 0 Å². The maximum absolute atomic E-state index is 10.3. The van der Waals surface area contributed by atoms with Crippen LogP contribution in [0.5, 0.6) is 0 Å². The molecule has 0 saturated heterocycles. The van der Waals surface area contributed by atoms with Crippen LogP contribution < -0.4 is 0 Å². The molecule has 0 aliphatic rings. The Morgan fingerprint density at radius 1 is 1.15 bits per heavy atom. The highest BCUT2D eigenvalue weighted by Crippen LogP contribution is 1.95. The first kappa shape index (κ1) is 12.9. The Labute approximate surface area is 80.0 Å². The highest BCUT2D eigenvalue weighted by molar-refractivity contribution is 7.85. The van der Waals surface area contributed by atoms with Gasteiger partial charge in [-0.05, 0) is 12.8 Å². The number of unbranched alkanes of at least 4 members (excludes halogenated alkanes) is 2. The lowest BCUT2D eigenvalue weighted by Gasteiger charge is -2.01. The number of rotatable bonds is 8. The Balaban J connectivity index is 3.09. The molecule has 0 radical (unpaired) electrons. The largest absolute Gasteiger partial charge is 0.381 e. The first-order valence-corrected chi connectivity index (χ1v) is 6.20. The summed E-state index contributed by atoms with van der Waals surface area (Å²) in [4.78, 5) is 0. The summed E-state index contributed by atoms with van der Waals surface area (Å²) < 4.78 is 34.1. The molecule has 0 fully saturated rings. The highest BCUT2D eigenvalue weighted by Gasteiger charge is 2.02. The topological polar surface area (TPSA) is 63.6 Å². The van der Waals surface area contributed by atoms with Crippen molar-refractivity contribution in [3.63, 3.8) is 0 Å². The lowest BCUT2D eigenvalue weighted by Crippen LogP contribution is -2.07. The van der Waals surface area contributed by atoms with Gasteiger partial charge in [0.05, 0.1) is 5.75 Å². The molecular formula is C8H18O4S. The van der Waals surface area contributed by atoms with E-state index in [4.69, 9.17) is 9.29 Å². The van der Waals surface area contributed by atoms with Gasteiger partial charge >= 0.3 is 0 Å². The molecular weight excluding hydrogens is 192 g/mol. The minimum Gasteiger partial charge on any atom is -0.381 e. The molecule has 0 aromatic rings. The molecule has 0 amide bonds. The van der Waals surface area contributed by atoms with Gasteiger partial charge in [0.15, 0.2) is 0 Å². The second kappa shape index (κ2) is 7.29. The molecule has 0 aliphatic carbocycles. The van der Waals surface area contributed by atoms with Gasteiger partial charge in [-0.25, -0.2) is 0 Å². The first-order valence-electron chi connectivity index (χ1n) is 4.59. The maximum atomic E-state index is 10.3. The number of hydrogen-bond acceptors (Lipinski definition) is 3. The molecule has 5 heteroatoms. The quantitative estimate of drug-likeness (QED) is 0.487. The fourth-order valence-electron chi connectivity index (χ4n) is 0.900. The van der Waals surface area contributed by atoms with Gasteiger partial charge < -0.3 is 4.74 Å². The average molecular weight is 210 g/mol. The molecule has 0 saturated carbocycles. The predicted octanol–water partition coefficient (Wildman–Crippen LogP) is 1.47. The second-order valence-electron chi connectivity index (χ2n) is 2.96. The van der Waals surface area contributed by atoms with E-state index in [2.05, 4.69) is 6.92 Å². The van der Waals surface area contributed by atoms with E-state index >= 15 is 0 Å². The molecule has 0 aromatic carbocycles. The summed E-state index contributed by atoms with van der Waals surface area (Å²) in [7, 11) is -3.80. The predicted molar refractivity (Wildman–Crippen MR) is 51.4 cm³/mol. The fraction of sp³-hybridized carbons (Fsp3) is 1.00. The van der Waals surface area contributed by atoms with Crippen molar-refractivity contribution < 1.29 is 17.7 Å². The molecule has 0 aliphatic heterocycles. The van der Waals surface area contributed by atoms with Crippen molar-refractivity contribution in [1.29, 1.82) is 0 Å². The maximum Gasteiger partial charge on any atom is 0.264 e. The molecule has 4 nitrogen and oxygen atoms in total. The zero-order valence-electron chi connectivity index (χ0n) is 8.03. The van der Waals surface area contributed by atoms with Crippen molar-refractivity contribution >= 4 is 10.1 Å². The molecule has 1 N–H and O–H groups in total. The molecule has 0 bridgehead atoms. The van der Waals surface area contributed by atoms with Gasteiger partial charge in [-0.15, -0.1) is 0 Å². The van der Waals surface area contributed by atoms with E-state index in [1.54, 1.807) is 0 Å². The van der Waals surface area contributed by atoms with E-state index in [0.717, 1.165) is 19.3 Å². The van der Waals surface area contributed by atoms with Crippen molar-refractivity contribution in [2.75, 3.05) is 19.0 Å². The Morgan fingerprint density at radius 3 is 2.31 bits per heavy atom. The Hall–Kier alpha value is -0.130. The van der Waals surface area contributed by atoms with Crippen molar-refractivity contribution in [3.8, 4) is 0 Å². The second-order valence-corrected chi connectivity index (χ2v) is 4.53. The van der Waals surface area contributed by atoms with Crippen LogP contribution in [0.2, 0.25) is 0 Å². The van der Waals surface area contributed by atoms with E-state index in [1.165, 1.54) is 0 Å². The van der Waals surface area contributed by atoms with Crippen LogP contribution in [-0.2, 0) is 14.9 Å². The molecule has 80 valence electrons. The van der Waals surface area contributed by atoms with E-state index < -0.39 is 10.1 Å². The van der Waals surface area contributed by atoms with Gasteiger partial charge in [0.1, 0.15) is 0 Å². The summed E-state index contributed by atoms with van der Waals surface area (Å²) in [6.07, 6.45) is 3.67. The standard InChI is InChI=1S/C8H18O4S/c1-2-3-4-6-12-7-5-8-13(9,10)11/h2-8H2,1H3,(H,9,10,11).